The summed E-state index contributed by atoms with van der Waals surface area (Å²) < 4.78 is 1.83. The normalized spacial score (nSPS) is 16.6. The van der Waals surface area contributed by atoms with E-state index >= 15 is 0 Å². The molecule has 0 radical (unpaired) electrons. The van der Waals surface area contributed by atoms with Crippen LogP contribution in [0.15, 0.2) is 30.3 Å². The second-order valence-electron chi connectivity index (χ2n) is 6.86. The zero-order chi connectivity index (χ0) is 18.1. The molecule has 2 aromatic rings. The molecule has 136 valence electrons. The molecule has 0 aliphatic carbocycles. The maximum absolute atomic E-state index is 12.6. The van der Waals surface area contributed by atoms with Gasteiger partial charge in [0.25, 0.3) is 5.91 Å². The molecule has 0 unspecified atom stereocenters. The van der Waals surface area contributed by atoms with Crippen LogP contribution in [0.1, 0.15) is 34.6 Å². The van der Waals surface area contributed by atoms with Crippen molar-refractivity contribution in [3.63, 3.8) is 0 Å². The van der Waals surface area contributed by atoms with Crippen LogP contribution in [0.3, 0.4) is 0 Å². The fraction of sp³-hybridized carbons (Fsp3) is 0.421. The van der Waals surface area contributed by atoms with Gasteiger partial charge in [0.15, 0.2) is 5.69 Å². The predicted molar refractivity (Wildman–Crippen MR) is 94.6 cm³/mol. The maximum atomic E-state index is 12.6. The zero-order valence-electron chi connectivity index (χ0n) is 14.6. The molecule has 2 amide bonds. The lowest BCUT2D eigenvalue weighted by molar-refractivity contribution is -0.132. The van der Waals surface area contributed by atoms with Crippen molar-refractivity contribution in [3.8, 4) is 5.75 Å². The summed E-state index contributed by atoms with van der Waals surface area (Å²) in [5.74, 6) is 0.0873. The minimum Gasteiger partial charge on any atom is -0.508 e. The molecule has 3 heterocycles. The highest BCUT2D eigenvalue weighted by Crippen LogP contribution is 2.20. The van der Waals surface area contributed by atoms with Crippen molar-refractivity contribution in [1.82, 2.24) is 19.6 Å². The highest BCUT2D eigenvalue weighted by atomic mass is 16.3. The van der Waals surface area contributed by atoms with E-state index in [4.69, 9.17) is 0 Å². The number of aromatic hydroxyl groups is 1. The first-order chi connectivity index (χ1) is 12.6. The Morgan fingerprint density at radius 3 is 2.58 bits per heavy atom. The minimum absolute atomic E-state index is 0.0171. The van der Waals surface area contributed by atoms with E-state index in [9.17, 15) is 14.7 Å². The van der Waals surface area contributed by atoms with Gasteiger partial charge < -0.3 is 14.9 Å². The van der Waals surface area contributed by atoms with Gasteiger partial charge in [-0.3, -0.25) is 14.3 Å². The van der Waals surface area contributed by atoms with Gasteiger partial charge in [-0.05, 0) is 25.0 Å². The summed E-state index contributed by atoms with van der Waals surface area (Å²) in [5, 5.41) is 14.3. The average molecular weight is 354 g/mol. The molecule has 1 fully saturated rings. The van der Waals surface area contributed by atoms with E-state index in [1.165, 1.54) is 0 Å². The van der Waals surface area contributed by atoms with E-state index in [0.29, 0.717) is 30.9 Å². The van der Waals surface area contributed by atoms with Crippen molar-refractivity contribution in [1.29, 1.82) is 0 Å². The third-order valence-electron chi connectivity index (χ3n) is 5.10. The van der Waals surface area contributed by atoms with Gasteiger partial charge in [0.2, 0.25) is 5.91 Å². The first kappa shape index (κ1) is 16.6. The Hall–Kier alpha value is -2.83. The van der Waals surface area contributed by atoms with E-state index < -0.39 is 0 Å². The van der Waals surface area contributed by atoms with Gasteiger partial charge >= 0.3 is 0 Å². The lowest BCUT2D eigenvalue weighted by Gasteiger charge is -2.27. The molecule has 1 N–H and O–H groups in total. The van der Waals surface area contributed by atoms with Gasteiger partial charge in [-0.1, -0.05) is 18.2 Å². The van der Waals surface area contributed by atoms with Crippen molar-refractivity contribution in [2.24, 2.45) is 0 Å². The summed E-state index contributed by atoms with van der Waals surface area (Å²) in [5.41, 5.74) is 1.97. The maximum Gasteiger partial charge on any atom is 0.274 e. The van der Waals surface area contributed by atoms with Crippen LogP contribution in [-0.2, 0) is 24.3 Å². The Balaban J connectivity index is 1.45. The molecule has 4 rings (SSSR count). The van der Waals surface area contributed by atoms with Crippen molar-refractivity contribution in [3.05, 3.63) is 47.3 Å². The number of hydrogen-bond donors (Lipinski definition) is 1. The van der Waals surface area contributed by atoms with E-state index in [0.717, 1.165) is 31.6 Å². The first-order valence-electron chi connectivity index (χ1n) is 9.02. The highest BCUT2D eigenvalue weighted by Gasteiger charge is 2.27. The van der Waals surface area contributed by atoms with Gasteiger partial charge in [-0.2, -0.15) is 5.10 Å². The minimum atomic E-state index is -0.0358. The number of hydrogen-bond acceptors (Lipinski definition) is 4. The number of fused-ring (bicyclic) bond motifs is 1. The van der Waals surface area contributed by atoms with Crippen LogP contribution >= 0.6 is 0 Å². The van der Waals surface area contributed by atoms with Gasteiger partial charge in [0.1, 0.15) is 5.75 Å². The van der Waals surface area contributed by atoms with E-state index in [-0.39, 0.29) is 24.0 Å². The summed E-state index contributed by atoms with van der Waals surface area (Å²) in [7, 11) is 0. The lowest BCUT2D eigenvalue weighted by atomic mass is 10.1. The van der Waals surface area contributed by atoms with Crippen molar-refractivity contribution >= 4 is 11.8 Å². The molecule has 0 bridgehead atoms. The molecule has 1 aromatic carbocycles. The topological polar surface area (TPSA) is 78.7 Å². The molecule has 0 atom stereocenters. The zero-order valence-corrected chi connectivity index (χ0v) is 14.6. The number of carbonyl (C=O) groups is 2. The quantitative estimate of drug-likeness (QED) is 0.904. The SMILES string of the molecule is O=C(Cc1ccccc1O)N1CCn2nc(C(=O)N3CCCC3)cc2C1. The van der Waals surface area contributed by atoms with E-state index in [1.807, 2.05) is 15.6 Å². The smallest absolute Gasteiger partial charge is 0.274 e. The summed E-state index contributed by atoms with van der Waals surface area (Å²) >= 11 is 0. The molecule has 1 saturated heterocycles. The van der Waals surface area contributed by atoms with Gasteiger partial charge in [-0.15, -0.1) is 0 Å². The van der Waals surface area contributed by atoms with Crippen LogP contribution in [0.5, 0.6) is 5.75 Å². The standard InChI is InChI=1S/C19H22N4O3/c24-17-6-2-1-5-14(17)11-18(25)22-9-10-23-15(13-22)12-16(20-23)19(26)21-7-3-4-8-21/h1-2,5-6,12,24H,3-4,7-11,13H2. The molecule has 1 aromatic heterocycles. The fourth-order valence-corrected chi connectivity index (χ4v) is 3.60. The summed E-state index contributed by atoms with van der Waals surface area (Å²) in [6.45, 7) is 3.17. The number of nitrogens with zero attached hydrogens (tertiary/aromatic N) is 4. The van der Waals surface area contributed by atoms with E-state index in [1.54, 1.807) is 29.2 Å². The molecule has 2 aliphatic heterocycles. The molecular formula is C19H22N4O3. The monoisotopic (exact) mass is 354 g/mol. The van der Waals surface area contributed by atoms with Crippen LogP contribution < -0.4 is 0 Å². The largest absolute Gasteiger partial charge is 0.508 e. The Kier molecular flexibility index (Phi) is 4.36. The van der Waals surface area contributed by atoms with Crippen LogP contribution in [0.25, 0.3) is 0 Å². The predicted octanol–water partition coefficient (Wildman–Crippen LogP) is 1.41. The Bertz CT molecular complexity index is 839. The number of benzene rings is 1. The Morgan fingerprint density at radius 1 is 1.04 bits per heavy atom. The lowest BCUT2D eigenvalue weighted by Crippen LogP contribution is -2.39. The number of likely N-dealkylation sites (tertiary alicyclic amines) is 1. The second-order valence-corrected chi connectivity index (χ2v) is 6.86. The summed E-state index contributed by atoms with van der Waals surface area (Å²) in [6.07, 6.45) is 2.27. The molecular weight excluding hydrogens is 332 g/mol. The molecule has 0 spiro atoms. The first-order valence-corrected chi connectivity index (χ1v) is 9.02. The number of phenolic OH excluding ortho intramolecular Hbond substituents is 1. The number of phenols is 1. The number of carbonyl (C=O) groups excluding carboxylic acids is 2. The molecule has 26 heavy (non-hydrogen) atoms. The van der Waals surface area contributed by atoms with Crippen LogP contribution in [-0.4, -0.2) is 56.1 Å². The number of amides is 2. The highest BCUT2D eigenvalue weighted by molar-refractivity contribution is 5.92. The van der Waals surface area contributed by atoms with Gasteiger partial charge in [-0.25, -0.2) is 0 Å². The van der Waals surface area contributed by atoms with Crippen LogP contribution in [0, 0.1) is 0 Å². The molecule has 0 saturated carbocycles. The van der Waals surface area contributed by atoms with Gasteiger partial charge in [0, 0.05) is 25.2 Å². The number of para-hydroxylation sites is 1. The molecule has 7 nitrogen and oxygen atoms in total. The fourth-order valence-electron chi connectivity index (χ4n) is 3.60. The summed E-state index contributed by atoms with van der Waals surface area (Å²) in [6, 6.07) is 8.70. The van der Waals surface area contributed by atoms with Crippen LogP contribution in [0.4, 0.5) is 0 Å². The molecule has 7 heteroatoms. The molecule has 2 aliphatic rings. The van der Waals surface area contributed by atoms with Crippen molar-refractivity contribution < 1.29 is 14.7 Å². The van der Waals surface area contributed by atoms with Crippen molar-refractivity contribution in [2.45, 2.75) is 32.4 Å². The van der Waals surface area contributed by atoms with Crippen LogP contribution in [0.2, 0.25) is 0 Å². The summed E-state index contributed by atoms with van der Waals surface area (Å²) in [4.78, 5) is 28.7. The van der Waals surface area contributed by atoms with Gasteiger partial charge in [0.05, 0.1) is 25.2 Å². The van der Waals surface area contributed by atoms with Crippen molar-refractivity contribution in [2.75, 3.05) is 19.6 Å². The Morgan fingerprint density at radius 2 is 1.81 bits per heavy atom. The van der Waals surface area contributed by atoms with E-state index in [2.05, 4.69) is 5.10 Å². The third kappa shape index (κ3) is 3.16. The Labute approximate surface area is 151 Å². The average Bonchev–Trinajstić information content (AvgIpc) is 3.32. The second kappa shape index (κ2) is 6.82. The number of rotatable bonds is 3. The third-order valence-corrected chi connectivity index (χ3v) is 5.10. The number of aromatic nitrogens is 2.